The SMILES string of the molecule is COC(=O)Cn1/c(=N/S(=O)(=O)c2ccc(Cl)s2)sc2cc(Br)ccc21. The predicted octanol–water partition coefficient (Wildman–Crippen LogP) is 3.64. The van der Waals surface area contributed by atoms with Crippen molar-refractivity contribution in [2.24, 2.45) is 4.40 Å². The standard InChI is InChI=1S/C14H10BrClN2O4S3/c1-22-12(19)7-18-9-3-2-8(15)6-10(9)23-14(18)17-25(20,21)13-5-4-11(16)24-13/h2-6H,7H2,1H3/b17-14-. The zero-order valence-corrected chi connectivity index (χ0v) is 17.4. The first kappa shape index (κ1) is 18.6. The number of esters is 1. The highest BCUT2D eigenvalue weighted by atomic mass is 79.9. The van der Waals surface area contributed by atoms with Crippen molar-refractivity contribution in [2.45, 2.75) is 10.8 Å². The first-order valence-corrected chi connectivity index (χ1v) is 11.0. The minimum Gasteiger partial charge on any atom is -0.468 e. The van der Waals surface area contributed by atoms with E-state index in [9.17, 15) is 13.2 Å². The second-order valence-electron chi connectivity index (χ2n) is 4.78. The maximum absolute atomic E-state index is 12.5. The summed E-state index contributed by atoms with van der Waals surface area (Å²) >= 11 is 11.3. The van der Waals surface area contributed by atoms with Crippen molar-refractivity contribution >= 4 is 76.4 Å². The topological polar surface area (TPSA) is 77.7 Å². The molecular formula is C14H10BrClN2O4S3. The lowest BCUT2D eigenvalue weighted by Crippen LogP contribution is -2.22. The van der Waals surface area contributed by atoms with Crippen LogP contribution in [0.15, 0.2) is 43.4 Å². The molecule has 0 N–H and O–H groups in total. The van der Waals surface area contributed by atoms with Gasteiger partial charge in [0.05, 0.1) is 21.7 Å². The Balaban J connectivity index is 2.23. The van der Waals surface area contributed by atoms with Crippen LogP contribution in [0.2, 0.25) is 4.34 Å². The van der Waals surface area contributed by atoms with Crippen molar-refractivity contribution in [2.75, 3.05) is 7.11 Å². The summed E-state index contributed by atoms with van der Waals surface area (Å²) in [5.74, 6) is -0.499. The molecule has 3 aromatic rings. The molecule has 0 saturated heterocycles. The molecule has 0 aliphatic rings. The number of carbonyl (C=O) groups excluding carboxylic acids is 1. The minimum atomic E-state index is -3.93. The molecule has 2 aromatic heterocycles. The zero-order valence-electron chi connectivity index (χ0n) is 12.6. The van der Waals surface area contributed by atoms with E-state index in [4.69, 9.17) is 16.3 Å². The van der Waals surface area contributed by atoms with Crippen molar-refractivity contribution in [1.82, 2.24) is 4.57 Å². The van der Waals surface area contributed by atoms with E-state index in [0.29, 0.717) is 9.85 Å². The van der Waals surface area contributed by atoms with Crippen molar-refractivity contribution in [1.29, 1.82) is 0 Å². The molecular weight excluding hydrogens is 472 g/mol. The number of rotatable bonds is 4. The molecule has 11 heteroatoms. The summed E-state index contributed by atoms with van der Waals surface area (Å²) in [4.78, 5) is 11.9. The molecule has 25 heavy (non-hydrogen) atoms. The van der Waals surface area contributed by atoms with Crippen LogP contribution in [-0.4, -0.2) is 26.1 Å². The number of methoxy groups -OCH3 is 1. The lowest BCUT2D eigenvalue weighted by molar-refractivity contribution is -0.141. The van der Waals surface area contributed by atoms with Gasteiger partial charge in [0.15, 0.2) is 0 Å². The van der Waals surface area contributed by atoms with Gasteiger partial charge >= 0.3 is 5.97 Å². The van der Waals surface area contributed by atoms with Gasteiger partial charge in [-0.1, -0.05) is 38.9 Å². The third kappa shape index (κ3) is 3.98. The molecule has 6 nitrogen and oxygen atoms in total. The first-order valence-electron chi connectivity index (χ1n) is 6.72. The van der Waals surface area contributed by atoms with Crippen LogP contribution in [0.1, 0.15) is 0 Å². The van der Waals surface area contributed by atoms with E-state index >= 15 is 0 Å². The van der Waals surface area contributed by atoms with Crippen molar-refractivity contribution in [3.63, 3.8) is 0 Å². The van der Waals surface area contributed by atoms with Gasteiger partial charge in [0.1, 0.15) is 10.8 Å². The van der Waals surface area contributed by atoms with Crippen LogP contribution in [0, 0.1) is 0 Å². The van der Waals surface area contributed by atoms with Gasteiger partial charge in [-0.3, -0.25) is 4.79 Å². The molecule has 0 saturated carbocycles. The van der Waals surface area contributed by atoms with E-state index < -0.39 is 16.0 Å². The van der Waals surface area contributed by atoms with E-state index in [1.807, 2.05) is 6.07 Å². The Morgan fingerprint density at radius 3 is 2.72 bits per heavy atom. The monoisotopic (exact) mass is 480 g/mol. The van der Waals surface area contributed by atoms with E-state index in [1.54, 1.807) is 12.1 Å². The largest absolute Gasteiger partial charge is 0.468 e. The van der Waals surface area contributed by atoms with Crippen LogP contribution in [0.3, 0.4) is 0 Å². The average Bonchev–Trinajstić information content (AvgIpc) is 3.11. The van der Waals surface area contributed by atoms with Gasteiger partial charge in [-0.25, -0.2) is 0 Å². The number of nitrogens with zero attached hydrogens (tertiary/aromatic N) is 2. The summed E-state index contributed by atoms with van der Waals surface area (Å²) in [5.41, 5.74) is 0.691. The fourth-order valence-corrected chi connectivity index (χ4v) is 6.29. The number of fused-ring (bicyclic) bond motifs is 1. The molecule has 0 unspecified atom stereocenters. The number of halogens is 2. The van der Waals surface area contributed by atoms with Crippen LogP contribution in [0.5, 0.6) is 0 Å². The number of hydrogen-bond acceptors (Lipinski definition) is 6. The van der Waals surface area contributed by atoms with Gasteiger partial charge in [0, 0.05) is 4.47 Å². The van der Waals surface area contributed by atoms with Crippen molar-refractivity contribution < 1.29 is 17.9 Å². The number of benzene rings is 1. The third-order valence-corrected chi connectivity index (χ3v) is 7.78. The summed E-state index contributed by atoms with van der Waals surface area (Å²) < 4.78 is 37.2. The molecule has 0 fully saturated rings. The number of aromatic nitrogens is 1. The second kappa shape index (κ2) is 7.20. The Hall–Kier alpha value is -1.20. The number of hydrogen-bond donors (Lipinski definition) is 0. The van der Waals surface area contributed by atoms with E-state index in [2.05, 4.69) is 20.3 Å². The number of thiazole rings is 1. The quantitative estimate of drug-likeness (QED) is 0.533. The van der Waals surface area contributed by atoms with Crippen LogP contribution in [0.25, 0.3) is 10.2 Å². The fourth-order valence-electron chi connectivity index (χ4n) is 2.05. The van der Waals surface area contributed by atoms with E-state index in [0.717, 1.165) is 20.5 Å². The highest BCUT2D eigenvalue weighted by Gasteiger charge is 2.18. The normalized spacial score (nSPS) is 12.7. The molecule has 0 aliphatic carbocycles. The average molecular weight is 482 g/mol. The third-order valence-electron chi connectivity index (χ3n) is 3.16. The zero-order chi connectivity index (χ0) is 18.2. The molecule has 0 atom stereocenters. The summed E-state index contributed by atoms with van der Waals surface area (Å²) in [6.07, 6.45) is 0. The number of ether oxygens (including phenoxy) is 1. The highest BCUT2D eigenvalue weighted by Crippen LogP contribution is 2.27. The van der Waals surface area contributed by atoms with Gasteiger partial charge in [0.25, 0.3) is 10.0 Å². The van der Waals surface area contributed by atoms with Crippen LogP contribution >= 0.6 is 50.2 Å². The maximum atomic E-state index is 12.5. The lowest BCUT2D eigenvalue weighted by atomic mass is 10.3. The van der Waals surface area contributed by atoms with Gasteiger partial charge in [-0.2, -0.15) is 8.42 Å². The summed E-state index contributed by atoms with van der Waals surface area (Å²) in [7, 11) is -2.66. The minimum absolute atomic E-state index is 0.0424. The maximum Gasteiger partial charge on any atom is 0.325 e. The summed E-state index contributed by atoms with van der Waals surface area (Å²) in [6, 6.07) is 8.33. The Kier molecular flexibility index (Phi) is 5.35. The molecule has 2 heterocycles. The molecule has 0 radical (unpaired) electrons. The fraction of sp³-hybridized carbons (Fsp3) is 0.143. The molecule has 3 rings (SSSR count). The number of thiophene rings is 1. The molecule has 1 aromatic carbocycles. The van der Waals surface area contributed by atoms with Crippen LogP contribution in [0.4, 0.5) is 0 Å². The van der Waals surface area contributed by atoms with Crippen molar-refractivity contribution in [3.8, 4) is 0 Å². The predicted molar refractivity (Wildman–Crippen MR) is 102 cm³/mol. The van der Waals surface area contributed by atoms with Gasteiger partial charge in [-0.15, -0.1) is 15.7 Å². The van der Waals surface area contributed by atoms with Gasteiger partial charge < -0.3 is 9.30 Å². The molecule has 132 valence electrons. The smallest absolute Gasteiger partial charge is 0.325 e. The molecule has 0 aliphatic heterocycles. The molecule has 0 spiro atoms. The van der Waals surface area contributed by atoms with Gasteiger partial charge in [0.2, 0.25) is 4.80 Å². The number of carbonyl (C=O) groups is 1. The lowest BCUT2D eigenvalue weighted by Gasteiger charge is -2.03. The number of sulfonamides is 1. The van der Waals surface area contributed by atoms with E-state index in [-0.39, 0.29) is 15.6 Å². The summed E-state index contributed by atoms with van der Waals surface area (Å²) in [6.45, 7) is -0.141. The Bertz CT molecular complexity index is 1130. The van der Waals surface area contributed by atoms with Gasteiger partial charge in [-0.05, 0) is 30.3 Å². The van der Waals surface area contributed by atoms with Crippen LogP contribution in [-0.2, 0) is 26.1 Å². The Morgan fingerprint density at radius 1 is 1.32 bits per heavy atom. The van der Waals surface area contributed by atoms with E-state index in [1.165, 1.54) is 35.1 Å². The van der Waals surface area contributed by atoms with Crippen LogP contribution < -0.4 is 4.80 Å². The molecule has 0 bridgehead atoms. The molecule has 0 amide bonds. The highest BCUT2D eigenvalue weighted by molar-refractivity contribution is 9.10. The second-order valence-corrected chi connectivity index (χ2v) is 10.3. The Labute approximate surface area is 164 Å². The summed E-state index contributed by atoms with van der Waals surface area (Å²) in [5, 5.41) is 0. The van der Waals surface area contributed by atoms with Crippen molar-refractivity contribution in [3.05, 3.63) is 43.9 Å². The first-order chi connectivity index (χ1) is 11.8. The Morgan fingerprint density at radius 2 is 2.08 bits per heavy atom.